The molecule has 0 radical (unpaired) electrons. The smallest absolute Gasteiger partial charge is 0.261 e. The fraction of sp³-hybridized carbons (Fsp3) is 0.240. The molecule has 33 heavy (non-hydrogen) atoms. The zero-order valence-corrected chi connectivity index (χ0v) is 18.9. The number of aryl methyl sites for hydroxylation is 2. The number of amides is 1. The monoisotopic (exact) mass is 467 g/mol. The first-order valence-electron chi connectivity index (χ1n) is 10.9. The molecule has 172 valence electrons. The number of fused-ring (bicyclic) bond motifs is 1. The highest BCUT2D eigenvalue weighted by Crippen LogP contribution is 2.31. The lowest BCUT2D eigenvalue weighted by atomic mass is 10.00. The van der Waals surface area contributed by atoms with Gasteiger partial charge in [-0.1, -0.05) is 24.3 Å². The first-order valence-corrected chi connectivity index (χ1v) is 12.3. The molecule has 3 aromatic rings. The third-order valence-electron chi connectivity index (χ3n) is 5.76. The van der Waals surface area contributed by atoms with Crippen molar-refractivity contribution in [1.29, 1.82) is 0 Å². The Hall–Kier alpha value is -3.23. The van der Waals surface area contributed by atoms with Crippen molar-refractivity contribution in [2.24, 2.45) is 5.73 Å². The van der Waals surface area contributed by atoms with E-state index < -0.39 is 15.8 Å². The molecule has 1 amide bonds. The standard InChI is InChI=1S/C25H26FN3O3S/c26-21-8-11-23(12-9-21)33(31,32)28-22-10-13-24-20(16-22)2-1-15-29(24)25(30)14-7-18-3-5-19(17-27)6-4-18/h3-6,8-13,16,28H,1-2,7,14-15,17,27H2. The van der Waals surface area contributed by atoms with Crippen LogP contribution in [0.25, 0.3) is 0 Å². The van der Waals surface area contributed by atoms with Gasteiger partial charge in [0, 0.05) is 30.9 Å². The van der Waals surface area contributed by atoms with E-state index in [1.54, 1.807) is 23.1 Å². The molecule has 0 saturated heterocycles. The normalized spacial score (nSPS) is 13.5. The molecule has 0 aliphatic carbocycles. The summed E-state index contributed by atoms with van der Waals surface area (Å²) in [4.78, 5) is 14.7. The summed E-state index contributed by atoms with van der Waals surface area (Å²) in [6.45, 7) is 1.13. The summed E-state index contributed by atoms with van der Waals surface area (Å²) in [5, 5.41) is 0. The largest absolute Gasteiger partial charge is 0.326 e. The number of nitrogens with two attached hydrogens (primary N) is 1. The summed E-state index contributed by atoms with van der Waals surface area (Å²) >= 11 is 0. The second-order valence-corrected chi connectivity index (χ2v) is 9.75. The zero-order valence-electron chi connectivity index (χ0n) is 18.1. The van der Waals surface area contributed by atoms with Crippen LogP contribution in [-0.2, 0) is 34.2 Å². The van der Waals surface area contributed by atoms with Crippen molar-refractivity contribution in [2.45, 2.75) is 37.1 Å². The van der Waals surface area contributed by atoms with Crippen LogP contribution in [0.5, 0.6) is 0 Å². The molecular weight excluding hydrogens is 441 g/mol. The van der Waals surface area contributed by atoms with Crippen molar-refractivity contribution < 1.29 is 17.6 Å². The molecule has 1 heterocycles. The van der Waals surface area contributed by atoms with Gasteiger partial charge in [0.15, 0.2) is 0 Å². The SMILES string of the molecule is NCc1ccc(CCC(=O)N2CCCc3cc(NS(=O)(=O)c4ccc(F)cc4)ccc32)cc1. The predicted octanol–water partition coefficient (Wildman–Crippen LogP) is 4.00. The molecule has 0 saturated carbocycles. The lowest BCUT2D eigenvalue weighted by Gasteiger charge is -2.30. The van der Waals surface area contributed by atoms with E-state index in [9.17, 15) is 17.6 Å². The van der Waals surface area contributed by atoms with Gasteiger partial charge in [-0.25, -0.2) is 12.8 Å². The number of halogens is 1. The predicted molar refractivity (Wildman–Crippen MR) is 127 cm³/mol. The lowest BCUT2D eigenvalue weighted by Crippen LogP contribution is -2.35. The van der Waals surface area contributed by atoms with E-state index in [1.165, 1.54) is 12.1 Å². The van der Waals surface area contributed by atoms with Gasteiger partial charge >= 0.3 is 0 Å². The van der Waals surface area contributed by atoms with E-state index in [0.29, 0.717) is 31.6 Å². The van der Waals surface area contributed by atoms with Crippen molar-refractivity contribution in [1.82, 2.24) is 0 Å². The molecule has 1 aliphatic heterocycles. The maximum atomic E-state index is 13.1. The summed E-state index contributed by atoms with van der Waals surface area (Å²) < 4.78 is 40.9. The summed E-state index contributed by atoms with van der Waals surface area (Å²) in [7, 11) is -3.84. The van der Waals surface area contributed by atoms with Gasteiger partial charge in [0.25, 0.3) is 10.0 Å². The minimum absolute atomic E-state index is 0.0158. The second-order valence-electron chi connectivity index (χ2n) is 8.07. The summed E-state index contributed by atoms with van der Waals surface area (Å²) in [6.07, 6.45) is 2.59. The topological polar surface area (TPSA) is 92.5 Å². The van der Waals surface area contributed by atoms with Crippen molar-refractivity contribution in [3.8, 4) is 0 Å². The van der Waals surface area contributed by atoms with Crippen LogP contribution < -0.4 is 15.4 Å². The van der Waals surface area contributed by atoms with E-state index in [4.69, 9.17) is 5.73 Å². The molecule has 6 nitrogen and oxygen atoms in total. The van der Waals surface area contributed by atoms with E-state index in [1.807, 2.05) is 24.3 Å². The minimum Gasteiger partial charge on any atom is -0.326 e. The van der Waals surface area contributed by atoms with Gasteiger partial charge in [-0.3, -0.25) is 9.52 Å². The number of nitrogens with zero attached hydrogens (tertiary/aromatic N) is 1. The molecule has 0 bridgehead atoms. The maximum Gasteiger partial charge on any atom is 0.261 e. The third-order valence-corrected chi connectivity index (χ3v) is 7.16. The molecule has 3 N–H and O–H groups in total. The van der Waals surface area contributed by atoms with Crippen LogP contribution in [0.1, 0.15) is 29.5 Å². The highest BCUT2D eigenvalue weighted by Gasteiger charge is 2.23. The molecule has 4 rings (SSSR count). The zero-order chi connectivity index (χ0) is 23.4. The lowest BCUT2D eigenvalue weighted by molar-refractivity contribution is -0.118. The van der Waals surface area contributed by atoms with Crippen molar-refractivity contribution in [3.63, 3.8) is 0 Å². The van der Waals surface area contributed by atoms with Crippen molar-refractivity contribution in [2.75, 3.05) is 16.2 Å². The molecule has 1 aliphatic rings. The Morgan fingerprint density at radius 3 is 2.39 bits per heavy atom. The van der Waals surface area contributed by atoms with E-state index in [-0.39, 0.29) is 10.8 Å². The van der Waals surface area contributed by atoms with E-state index in [2.05, 4.69) is 4.72 Å². The van der Waals surface area contributed by atoms with Crippen molar-refractivity contribution >= 4 is 27.3 Å². The average molecular weight is 468 g/mol. The molecule has 8 heteroatoms. The van der Waals surface area contributed by atoms with Crippen LogP contribution in [0.4, 0.5) is 15.8 Å². The molecule has 0 aromatic heterocycles. The number of nitrogens with one attached hydrogen (secondary N) is 1. The highest BCUT2D eigenvalue weighted by atomic mass is 32.2. The van der Waals surface area contributed by atoms with Gasteiger partial charge in [-0.15, -0.1) is 0 Å². The highest BCUT2D eigenvalue weighted by molar-refractivity contribution is 7.92. The Balaban J connectivity index is 1.46. The Kier molecular flexibility index (Phi) is 6.76. The first-order chi connectivity index (χ1) is 15.9. The minimum atomic E-state index is -3.84. The van der Waals surface area contributed by atoms with Gasteiger partial charge in [0.2, 0.25) is 5.91 Å². The van der Waals surface area contributed by atoms with Gasteiger partial charge in [-0.05, 0) is 78.4 Å². The molecule has 3 aromatic carbocycles. The molecule has 0 unspecified atom stereocenters. The first kappa shape index (κ1) is 22.9. The number of carbonyl (C=O) groups excluding carboxylic acids is 1. The van der Waals surface area contributed by atoms with Crippen LogP contribution in [0.3, 0.4) is 0 Å². The van der Waals surface area contributed by atoms with Gasteiger partial charge in [-0.2, -0.15) is 0 Å². The quantitative estimate of drug-likeness (QED) is 0.549. The number of carbonyl (C=O) groups is 1. The summed E-state index contributed by atoms with van der Waals surface area (Å²) in [6, 6.07) is 17.8. The van der Waals surface area contributed by atoms with Gasteiger partial charge in [0.05, 0.1) is 4.90 Å². The fourth-order valence-corrected chi connectivity index (χ4v) is 5.03. The number of anilines is 2. The van der Waals surface area contributed by atoms with Crippen LogP contribution in [-0.4, -0.2) is 20.9 Å². The van der Waals surface area contributed by atoms with Crippen LogP contribution >= 0.6 is 0 Å². The number of hydrogen-bond donors (Lipinski definition) is 2. The number of rotatable bonds is 7. The molecule has 0 atom stereocenters. The van der Waals surface area contributed by atoms with Gasteiger partial charge < -0.3 is 10.6 Å². The summed E-state index contributed by atoms with van der Waals surface area (Å²) in [5.41, 5.74) is 9.92. The summed E-state index contributed by atoms with van der Waals surface area (Å²) in [5.74, 6) is -0.460. The van der Waals surface area contributed by atoms with E-state index in [0.717, 1.165) is 47.4 Å². The Morgan fingerprint density at radius 1 is 1.00 bits per heavy atom. The molecular formula is C25H26FN3O3S. The number of sulfonamides is 1. The van der Waals surface area contributed by atoms with Crippen molar-refractivity contribution in [3.05, 3.63) is 89.2 Å². The molecule has 0 fully saturated rings. The molecule has 0 spiro atoms. The van der Waals surface area contributed by atoms with Crippen LogP contribution in [0, 0.1) is 5.82 Å². The number of benzene rings is 3. The van der Waals surface area contributed by atoms with Crippen LogP contribution in [0.15, 0.2) is 71.6 Å². The number of hydrogen-bond acceptors (Lipinski definition) is 4. The Morgan fingerprint density at radius 2 is 1.70 bits per heavy atom. The maximum absolute atomic E-state index is 13.1. The second kappa shape index (κ2) is 9.72. The fourth-order valence-electron chi connectivity index (χ4n) is 3.98. The van der Waals surface area contributed by atoms with Gasteiger partial charge in [0.1, 0.15) is 5.82 Å². The van der Waals surface area contributed by atoms with Crippen LogP contribution in [0.2, 0.25) is 0 Å². The van der Waals surface area contributed by atoms with E-state index >= 15 is 0 Å². The third kappa shape index (κ3) is 5.40. The Labute approximate surface area is 193 Å². The Bertz CT molecular complexity index is 1240. The average Bonchev–Trinajstić information content (AvgIpc) is 2.82.